The van der Waals surface area contributed by atoms with Crippen molar-refractivity contribution in [2.75, 3.05) is 40.6 Å². The molecule has 0 aromatic rings. The highest BCUT2D eigenvalue weighted by Crippen LogP contribution is 2.51. The van der Waals surface area contributed by atoms with Crippen LogP contribution in [0.3, 0.4) is 0 Å². The topological polar surface area (TPSA) is 55.4 Å². The Morgan fingerprint density at radius 2 is 0.864 bits per heavy atom. The van der Waals surface area contributed by atoms with Crippen LogP contribution in [0.15, 0.2) is 0 Å². The first-order chi connectivity index (χ1) is 10.6. The SMILES string of the molecule is CCO[Si](OC)(OCC)SSSS[Si](OC)(OCC)OCC. The normalized spacial score (nSPS) is 12.8. The maximum absolute atomic E-state index is 5.70. The van der Waals surface area contributed by atoms with Crippen LogP contribution in [0.2, 0.25) is 0 Å². The molecule has 6 nitrogen and oxygen atoms in total. The zero-order valence-electron chi connectivity index (χ0n) is 13.9. The Hall–Kier alpha value is 1.59. The molecule has 0 aromatic heterocycles. The molecule has 0 heterocycles. The third kappa shape index (κ3) is 8.62. The molecule has 22 heavy (non-hydrogen) atoms. The van der Waals surface area contributed by atoms with Crippen molar-refractivity contribution in [1.29, 1.82) is 0 Å². The molecule has 0 rings (SSSR count). The molecule has 0 N–H and O–H groups in total. The summed E-state index contributed by atoms with van der Waals surface area (Å²) in [7, 11) is 3.95. The van der Waals surface area contributed by atoms with Crippen LogP contribution < -0.4 is 0 Å². The van der Waals surface area contributed by atoms with E-state index < -0.39 is 15.9 Å². The molecule has 0 aliphatic carbocycles. The van der Waals surface area contributed by atoms with Crippen LogP contribution in [0.5, 0.6) is 0 Å². The standard InChI is InChI=1S/C10H26O6S4Si2/c1-7-13-21(11-5,14-8-2)19-17-18-20-22(12-6,15-9-3)16-10-4/h7-10H2,1-6H3. The van der Waals surface area contributed by atoms with E-state index >= 15 is 0 Å². The van der Waals surface area contributed by atoms with Crippen LogP contribution in [0.1, 0.15) is 27.7 Å². The molecule has 134 valence electrons. The van der Waals surface area contributed by atoms with E-state index in [1.54, 1.807) is 14.2 Å². The van der Waals surface area contributed by atoms with Crippen molar-refractivity contribution < 1.29 is 26.6 Å². The first kappa shape index (κ1) is 23.6. The lowest BCUT2D eigenvalue weighted by molar-refractivity contribution is 0.113. The fourth-order valence-corrected chi connectivity index (χ4v) is 22.4. The summed E-state index contributed by atoms with van der Waals surface area (Å²) in [6.07, 6.45) is 0. The van der Waals surface area contributed by atoms with E-state index in [0.29, 0.717) is 26.4 Å². The Balaban J connectivity index is 4.44. The Morgan fingerprint density at radius 1 is 0.591 bits per heavy atom. The van der Waals surface area contributed by atoms with Crippen LogP contribution in [0.25, 0.3) is 0 Å². The van der Waals surface area contributed by atoms with Gasteiger partial charge in [-0.1, -0.05) is 0 Å². The molecule has 0 aromatic carbocycles. The molecule has 0 bridgehead atoms. The summed E-state index contributed by atoms with van der Waals surface area (Å²) in [6, 6.07) is 0. The zero-order valence-corrected chi connectivity index (χ0v) is 19.2. The minimum atomic E-state index is -2.67. The van der Waals surface area contributed by atoms with E-state index in [9.17, 15) is 0 Å². The van der Waals surface area contributed by atoms with Gasteiger partial charge in [-0.05, 0) is 67.8 Å². The quantitative estimate of drug-likeness (QED) is 0.218. The molecule has 0 radical (unpaired) electrons. The molecule has 0 unspecified atom stereocenters. The highest BCUT2D eigenvalue weighted by molar-refractivity contribution is 9.31. The van der Waals surface area contributed by atoms with Crippen LogP contribution >= 0.6 is 40.1 Å². The average Bonchev–Trinajstić information content (AvgIpc) is 2.52. The Morgan fingerprint density at radius 3 is 1.05 bits per heavy atom. The smallest absolute Gasteiger partial charge is 0.368 e. The van der Waals surface area contributed by atoms with E-state index in [1.165, 1.54) is 40.1 Å². The fraction of sp³-hybridized carbons (Fsp3) is 1.00. The molecule has 0 aliphatic heterocycles. The van der Waals surface area contributed by atoms with E-state index in [4.69, 9.17) is 26.6 Å². The minimum Gasteiger partial charge on any atom is -0.368 e. The summed E-state index contributed by atoms with van der Waals surface area (Å²) < 4.78 is 33.8. The lowest BCUT2D eigenvalue weighted by atomic mass is 10.9. The second-order valence-electron chi connectivity index (χ2n) is 3.44. The van der Waals surface area contributed by atoms with E-state index in [0.717, 1.165) is 0 Å². The van der Waals surface area contributed by atoms with Crippen LogP contribution in [0, 0.1) is 0 Å². The van der Waals surface area contributed by atoms with Crippen molar-refractivity contribution in [3.05, 3.63) is 0 Å². The summed E-state index contributed by atoms with van der Waals surface area (Å²) >= 11 is 0. The Labute approximate surface area is 150 Å². The van der Waals surface area contributed by atoms with E-state index in [-0.39, 0.29) is 0 Å². The van der Waals surface area contributed by atoms with Gasteiger partial charge in [0.2, 0.25) is 0 Å². The van der Waals surface area contributed by atoms with Crippen molar-refractivity contribution in [3.63, 3.8) is 0 Å². The van der Waals surface area contributed by atoms with Crippen molar-refractivity contribution >= 4 is 56.0 Å². The summed E-state index contributed by atoms with van der Waals surface area (Å²) in [5.74, 6) is 0. The minimum absolute atomic E-state index is 0.556. The lowest BCUT2D eigenvalue weighted by Gasteiger charge is -2.26. The van der Waals surface area contributed by atoms with Crippen LogP contribution in [0.4, 0.5) is 0 Å². The third-order valence-corrected chi connectivity index (χ3v) is 21.0. The molecule has 0 aliphatic rings. The monoisotopic (exact) mass is 426 g/mol. The largest absolute Gasteiger partial charge is 0.584 e. The van der Waals surface area contributed by atoms with Gasteiger partial charge in [-0.3, -0.25) is 0 Å². The summed E-state index contributed by atoms with van der Waals surface area (Å²) in [5, 5.41) is 0. The second kappa shape index (κ2) is 13.8. The first-order valence-corrected chi connectivity index (χ1v) is 16.6. The van der Waals surface area contributed by atoms with Crippen LogP contribution in [-0.4, -0.2) is 56.6 Å². The van der Waals surface area contributed by atoms with Crippen molar-refractivity contribution in [3.8, 4) is 0 Å². The first-order valence-electron chi connectivity index (χ1n) is 6.93. The summed E-state index contributed by atoms with van der Waals surface area (Å²) in [4.78, 5) is 0. The predicted octanol–water partition coefficient (Wildman–Crippen LogP) is 3.97. The molecular formula is C10H26O6S4Si2. The van der Waals surface area contributed by atoms with Crippen molar-refractivity contribution in [2.24, 2.45) is 0 Å². The van der Waals surface area contributed by atoms with Gasteiger partial charge in [0, 0.05) is 40.6 Å². The zero-order chi connectivity index (χ0) is 16.9. The number of rotatable bonds is 15. The second-order valence-corrected chi connectivity index (χ2v) is 18.3. The van der Waals surface area contributed by atoms with E-state index in [2.05, 4.69) is 0 Å². The van der Waals surface area contributed by atoms with Gasteiger partial charge < -0.3 is 26.6 Å². The molecule has 0 amide bonds. The average molecular weight is 427 g/mol. The third-order valence-electron chi connectivity index (χ3n) is 2.08. The predicted molar refractivity (Wildman–Crippen MR) is 102 cm³/mol. The maximum Gasteiger partial charge on any atom is 0.584 e. The molecule has 0 saturated heterocycles. The number of hydrogen-bond acceptors (Lipinski definition) is 10. The molecule has 0 saturated carbocycles. The number of hydrogen-bond donors (Lipinski definition) is 0. The maximum atomic E-state index is 5.70. The van der Waals surface area contributed by atoms with E-state index in [1.807, 2.05) is 27.7 Å². The van der Waals surface area contributed by atoms with Crippen LogP contribution in [-0.2, 0) is 26.6 Å². The fourth-order valence-electron chi connectivity index (χ4n) is 1.30. The van der Waals surface area contributed by atoms with Crippen molar-refractivity contribution in [1.82, 2.24) is 0 Å². The molecule has 0 spiro atoms. The molecule has 0 fully saturated rings. The van der Waals surface area contributed by atoms with Gasteiger partial charge in [-0.15, -0.1) is 0 Å². The van der Waals surface area contributed by atoms with Gasteiger partial charge in [0.15, 0.2) is 0 Å². The van der Waals surface area contributed by atoms with Gasteiger partial charge in [0.05, 0.1) is 0 Å². The Bertz CT molecular complexity index is 242. The highest BCUT2D eigenvalue weighted by atomic mass is 33.7. The Kier molecular flexibility index (Phi) is 14.8. The molecular weight excluding hydrogens is 401 g/mol. The van der Waals surface area contributed by atoms with Crippen molar-refractivity contribution in [2.45, 2.75) is 27.7 Å². The summed E-state index contributed by atoms with van der Waals surface area (Å²) in [5.41, 5.74) is 0. The molecule has 0 atom stereocenters. The lowest BCUT2D eigenvalue weighted by Crippen LogP contribution is -2.41. The molecule has 12 heteroatoms. The highest BCUT2D eigenvalue weighted by Gasteiger charge is 2.45. The summed E-state index contributed by atoms with van der Waals surface area (Å²) in [6.45, 7) is 9.94. The van der Waals surface area contributed by atoms with Gasteiger partial charge in [0.25, 0.3) is 0 Å². The van der Waals surface area contributed by atoms with Gasteiger partial charge in [-0.25, -0.2) is 0 Å². The van der Waals surface area contributed by atoms with Gasteiger partial charge in [0.1, 0.15) is 0 Å². The van der Waals surface area contributed by atoms with Gasteiger partial charge in [-0.2, -0.15) is 0 Å². The van der Waals surface area contributed by atoms with Gasteiger partial charge >= 0.3 is 15.9 Å².